The van der Waals surface area contributed by atoms with Gasteiger partial charge in [0.15, 0.2) is 17.1 Å². The van der Waals surface area contributed by atoms with Gasteiger partial charge in [0.25, 0.3) is 0 Å². The molecule has 156 valence electrons. The minimum Gasteiger partial charge on any atom is -0.494 e. The maximum absolute atomic E-state index is 13.0. The van der Waals surface area contributed by atoms with Gasteiger partial charge >= 0.3 is 6.18 Å². The molecule has 0 saturated carbocycles. The summed E-state index contributed by atoms with van der Waals surface area (Å²) in [4.78, 5) is 8.19. The van der Waals surface area contributed by atoms with Crippen LogP contribution in [0.3, 0.4) is 0 Å². The highest BCUT2D eigenvalue weighted by atomic mass is 35.5. The summed E-state index contributed by atoms with van der Waals surface area (Å²) >= 11 is 5.93. The zero-order valence-electron chi connectivity index (χ0n) is 15.8. The number of alkyl halides is 3. The number of benzene rings is 1. The number of hydrogen-bond acceptors (Lipinski definition) is 6. The molecule has 4 aromatic rings. The van der Waals surface area contributed by atoms with Crippen molar-refractivity contribution in [3.05, 3.63) is 58.8 Å². The van der Waals surface area contributed by atoms with E-state index in [1.165, 1.54) is 18.1 Å². The van der Waals surface area contributed by atoms with Crippen LogP contribution in [0.5, 0.6) is 5.75 Å². The van der Waals surface area contributed by atoms with Crippen molar-refractivity contribution in [1.29, 1.82) is 0 Å². The molecule has 0 amide bonds. The molecule has 0 radical (unpaired) electrons. The fourth-order valence-electron chi connectivity index (χ4n) is 3.00. The number of aryl methyl sites for hydroxylation is 1. The van der Waals surface area contributed by atoms with Crippen molar-refractivity contribution in [1.82, 2.24) is 19.7 Å². The number of halogens is 4. The fourth-order valence-corrected chi connectivity index (χ4v) is 3.18. The first kappa shape index (κ1) is 20.0. The number of aromatic nitrogens is 4. The van der Waals surface area contributed by atoms with E-state index in [9.17, 15) is 13.2 Å². The molecule has 0 fully saturated rings. The molecule has 0 aliphatic heterocycles. The van der Waals surface area contributed by atoms with Crippen molar-refractivity contribution < 1.29 is 22.3 Å². The Morgan fingerprint density at radius 1 is 1.20 bits per heavy atom. The van der Waals surface area contributed by atoms with E-state index in [0.29, 0.717) is 40.6 Å². The molecule has 0 bridgehead atoms. The van der Waals surface area contributed by atoms with Gasteiger partial charge in [-0.05, 0) is 42.3 Å². The Morgan fingerprint density at radius 2 is 2.00 bits per heavy atom. The van der Waals surface area contributed by atoms with Crippen LogP contribution in [0, 0.1) is 6.92 Å². The number of furan rings is 1. The molecule has 1 N–H and O–H groups in total. The number of anilines is 1. The lowest BCUT2D eigenvalue weighted by molar-refractivity contribution is -0.141. The lowest BCUT2D eigenvalue weighted by Gasteiger charge is -2.13. The molecule has 30 heavy (non-hydrogen) atoms. The average molecular weight is 438 g/mol. The minimum atomic E-state index is -4.52. The zero-order chi connectivity index (χ0) is 21.5. The third-order valence-electron chi connectivity index (χ3n) is 4.39. The van der Waals surface area contributed by atoms with E-state index in [1.807, 2.05) is 0 Å². The number of rotatable bonds is 5. The average Bonchev–Trinajstić information content (AvgIpc) is 3.32. The normalized spacial score (nSPS) is 11.8. The molecule has 7 nitrogen and oxygen atoms in total. The summed E-state index contributed by atoms with van der Waals surface area (Å²) < 4.78 is 50.9. The molecule has 0 aliphatic carbocycles. The van der Waals surface area contributed by atoms with Crippen LogP contribution in [0.25, 0.3) is 16.8 Å². The van der Waals surface area contributed by atoms with Crippen LogP contribution in [0.4, 0.5) is 19.0 Å². The monoisotopic (exact) mass is 437 g/mol. The zero-order valence-corrected chi connectivity index (χ0v) is 16.5. The molecule has 0 atom stereocenters. The maximum Gasteiger partial charge on any atom is 0.435 e. The Hall–Kier alpha value is -3.27. The quantitative estimate of drug-likeness (QED) is 0.442. The van der Waals surface area contributed by atoms with Gasteiger partial charge in [0.2, 0.25) is 5.28 Å². The van der Waals surface area contributed by atoms with Crippen LogP contribution in [0.1, 0.15) is 17.0 Å². The summed E-state index contributed by atoms with van der Waals surface area (Å²) in [5, 5.41) is 6.87. The Bertz CT molecular complexity index is 1220. The lowest BCUT2D eigenvalue weighted by atomic mass is 10.2. The van der Waals surface area contributed by atoms with Crippen molar-refractivity contribution in [2.75, 3.05) is 12.4 Å². The van der Waals surface area contributed by atoms with Crippen molar-refractivity contribution in [3.8, 4) is 11.4 Å². The summed E-state index contributed by atoms with van der Waals surface area (Å²) in [7, 11) is 1.44. The van der Waals surface area contributed by atoms with Crippen LogP contribution < -0.4 is 10.1 Å². The molecule has 4 rings (SSSR count). The summed E-state index contributed by atoms with van der Waals surface area (Å²) in [6.07, 6.45) is -3.04. The van der Waals surface area contributed by atoms with Gasteiger partial charge < -0.3 is 14.5 Å². The Kier molecular flexibility index (Phi) is 5.02. The highest BCUT2D eigenvalue weighted by Gasteiger charge is 2.34. The van der Waals surface area contributed by atoms with Gasteiger partial charge in [-0.15, -0.1) is 0 Å². The molecule has 0 spiro atoms. The predicted octanol–water partition coefficient (Wildman–Crippen LogP) is 5.01. The summed E-state index contributed by atoms with van der Waals surface area (Å²) in [5.74, 6) is 0.800. The van der Waals surface area contributed by atoms with E-state index in [-0.39, 0.29) is 5.28 Å². The fraction of sp³-hybridized carbons (Fsp3) is 0.211. The number of nitrogens with zero attached hydrogens (tertiary/aromatic N) is 4. The second kappa shape index (κ2) is 7.52. The molecule has 3 heterocycles. The first-order chi connectivity index (χ1) is 14.3. The number of fused-ring (bicyclic) bond motifs is 1. The highest BCUT2D eigenvalue weighted by molar-refractivity contribution is 6.28. The molecular weight excluding hydrogens is 423 g/mol. The molecule has 3 aromatic heterocycles. The number of nitrogens with one attached hydrogen (secondary N) is 1. The molecule has 0 saturated heterocycles. The molecule has 0 unspecified atom stereocenters. The molecular formula is C19H15ClF3N5O2. The topological polar surface area (TPSA) is 78.0 Å². The highest BCUT2D eigenvalue weighted by Crippen LogP contribution is 2.32. The van der Waals surface area contributed by atoms with Crippen LogP contribution in [-0.2, 0) is 12.7 Å². The van der Waals surface area contributed by atoms with Gasteiger partial charge in [-0.25, -0.2) is 9.67 Å². The maximum atomic E-state index is 13.0. The Labute approximate surface area is 173 Å². The van der Waals surface area contributed by atoms with Crippen LogP contribution in [0.15, 0.2) is 41.0 Å². The van der Waals surface area contributed by atoms with Gasteiger partial charge in [-0.3, -0.25) is 0 Å². The molecule has 1 aromatic carbocycles. The third kappa shape index (κ3) is 3.78. The van der Waals surface area contributed by atoms with Crippen LogP contribution in [0.2, 0.25) is 5.28 Å². The first-order valence-electron chi connectivity index (χ1n) is 8.72. The van der Waals surface area contributed by atoms with Gasteiger partial charge in [-0.1, -0.05) is 6.07 Å². The Balaban J connectivity index is 1.61. The lowest BCUT2D eigenvalue weighted by Crippen LogP contribution is -2.08. The summed E-state index contributed by atoms with van der Waals surface area (Å²) in [6.45, 7) is 1.89. The van der Waals surface area contributed by atoms with Crippen molar-refractivity contribution in [3.63, 3.8) is 0 Å². The van der Waals surface area contributed by atoms with E-state index in [2.05, 4.69) is 20.4 Å². The number of methoxy groups -OCH3 is 1. The van der Waals surface area contributed by atoms with Gasteiger partial charge in [0.1, 0.15) is 17.0 Å². The van der Waals surface area contributed by atoms with Gasteiger partial charge in [0.05, 0.1) is 13.4 Å². The Morgan fingerprint density at radius 3 is 2.70 bits per heavy atom. The molecule has 11 heteroatoms. The van der Waals surface area contributed by atoms with Crippen LogP contribution in [-0.4, -0.2) is 26.9 Å². The van der Waals surface area contributed by atoms with Gasteiger partial charge in [-0.2, -0.15) is 23.3 Å². The summed E-state index contributed by atoms with van der Waals surface area (Å²) in [6, 6.07) is 7.77. The number of hydrogen-bond donors (Lipinski definition) is 1. The molecule has 0 aliphatic rings. The third-order valence-corrected chi connectivity index (χ3v) is 4.56. The van der Waals surface area contributed by atoms with E-state index in [4.69, 9.17) is 20.8 Å². The van der Waals surface area contributed by atoms with E-state index in [1.54, 1.807) is 31.2 Å². The second-order valence-electron chi connectivity index (χ2n) is 6.42. The second-order valence-corrected chi connectivity index (χ2v) is 6.75. The van der Waals surface area contributed by atoms with Crippen molar-refractivity contribution >= 4 is 28.5 Å². The largest absolute Gasteiger partial charge is 0.494 e. The van der Waals surface area contributed by atoms with Gasteiger partial charge in [0, 0.05) is 18.3 Å². The standard InChI is InChI=1S/C19H15ClF3N5O2/c1-10-7-15(19(21,22)23)27-28(10)13-4-3-11(8-14(13)29-2)9-24-17-16-12(5-6-30-16)25-18(20)26-17/h3-8H,9H2,1-2H3,(H,24,25,26). The minimum absolute atomic E-state index is 0.0777. The predicted molar refractivity (Wildman–Crippen MR) is 104 cm³/mol. The summed E-state index contributed by atoms with van der Waals surface area (Å²) in [5.41, 5.74) is 1.60. The smallest absolute Gasteiger partial charge is 0.435 e. The van der Waals surface area contributed by atoms with E-state index >= 15 is 0 Å². The first-order valence-corrected chi connectivity index (χ1v) is 9.10. The van der Waals surface area contributed by atoms with Crippen molar-refractivity contribution in [2.45, 2.75) is 19.6 Å². The van der Waals surface area contributed by atoms with E-state index in [0.717, 1.165) is 11.6 Å². The van der Waals surface area contributed by atoms with Crippen LogP contribution >= 0.6 is 11.6 Å². The number of ether oxygens (including phenoxy) is 1. The van der Waals surface area contributed by atoms with E-state index < -0.39 is 11.9 Å². The SMILES string of the molecule is COc1cc(CNc2nc(Cl)nc3ccoc23)ccc1-n1nc(C(F)(F)F)cc1C. The van der Waals surface area contributed by atoms with Crippen molar-refractivity contribution in [2.24, 2.45) is 0 Å².